The van der Waals surface area contributed by atoms with Gasteiger partial charge in [-0.15, -0.1) is 20.2 Å². The van der Waals surface area contributed by atoms with E-state index in [9.17, 15) is 20.2 Å². The minimum Gasteiger partial charge on any atom is -0.313 e. The Hall–Kier alpha value is -1.60. The first-order chi connectivity index (χ1) is 9.80. The van der Waals surface area contributed by atoms with Gasteiger partial charge < -0.3 is 9.68 Å². The first kappa shape index (κ1) is 14.3. The van der Waals surface area contributed by atoms with Crippen molar-refractivity contribution in [2.75, 3.05) is 6.61 Å². The van der Waals surface area contributed by atoms with E-state index < -0.39 is 15.8 Å². The van der Waals surface area contributed by atoms with Crippen molar-refractivity contribution in [1.82, 2.24) is 0 Å². The third-order valence-corrected chi connectivity index (χ3v) is 5.74. The lowest BCUT2D eigenvalue weighted by Gasteiger charge is -2.65. The molecule has 0 heterocycles. The molecule has 0 aliphatic heterocycles. The maximum atomic E-state index is 10.9. The minimum absolute atomic E-state index is 0.00931. The van der Waals surface area contributed by atoms with E-state index in [1.54, 1.807) is 0 Å². The molecule has 4 saturated carbocycles. The summed E-state index contributed by atoms with van der Waals surface area (Å²) in [6.07, 6.45) is 5.55. The predicted octanol–water partition coefficient (Wildman–Crippen LogP) is 2.52. The maximum absolute atomic E-state index is 10.9. The van der Waals surface area contributed by atoms with Crippen LogP contribution in [0, 0.1) is 37.0 Å². The average Bonchev–Trinajstić information content (AvgIpc) is 2.33. The highest BCUT2D eigenvalue weighted by molar-refractivity contribution is 5.13. The maximum Gasteiger partial charge on any atom is 0.295 e. The smallest absolute Gasteiger partial charge is 0.295 e. The van der Waals surface area contributed by atoms with Crippen LogP contribution in [-0.4, -0.2) is 22.4 Å². The summed E-state index contributed by atoms with van der Waals surface area (Å²) in [6, 6.07) is 0. The van der Waals surface area contributed by atoms with E-state index in [4.69, 9.17) is 4.84 Å². The fourth-order valence-corrected chi connectivity index (χ4v) is 5.76. The van der Waals surface area contributed by atoms with Gasteiger partial charge in [-0.2, -0.15) is 0 Å². The molecule has 4 aliphatic carbocycles. The lowest BCUT2D eigenvalue weighted by Crippen LogP contribution is -2.62. The fourth-order valence-electron chi connectivity index (χ4n) is 5.76. The zero-order valence-electron chi connectivity index (χ0n) is 12.1. The van der Waals surface area contributed by atoms with Crippen LogP contribution in [0.15, 0.2) is 0 Å². The predicted molar refractivity (Wildman–Crippen MR) is 70.1 cm³/mol. The molecule has 8 heteroatoms. The molecule has 0 N–H and O–H groups in total. The van der Waals surface area contributed by atoms with Gasteiger partial charge in [-0.3, -0.25) is 0 Å². The van der Waals surface area contributed by atoms with Gasteiger partial charge >= 0.3 is 0 Å². The zero-order valence-corrected chi connectivity index (χ0v) is 12.1. The minimum atomic E-state index is -0.766. The van der Waals surface area contributed by atoms with Gasteiger partial charge in [0.1, 0.15) is 12.2 Å². The Bertz CT molecular complexity index is 485. The molecule has 0 aromatic rings. The standard InChI is InChI=1S/C13H20N2O6/c1-2-11-3-10-4-12(6-11,9-20-14(16)17)8-13(5-10,7-11)21-15(18)19/h10H,2-9H2,1H3. The van der Waals surface area contributed by atoms with Crippen LogP contribution in [0.5, 0.6) is 0 Å². The molecular formula is C13H20N2O6. The summed E-state index contributed by atoms with van der Waals surface area (Å²) < 4.78 is 0. The highest BCUT2D eigenvalue weighted by Gasteiger charge is 2.64. The first-order valence-corrected chi connectivity index (χ1v) is 7.41. The monoisotopic (exact) mass is 300 g/mol. The van der Waals surface area contributed by atoms with Crippen molar-refractivity contribution in [3.63, 3.8) is 0 Å². The van der Waals surface area contributed by atoms with Crippen LogP contribution >= 0.6 is 0 Å². The van der Waals surface area contributed by atoms with Crippen LogP contribution in [0.1, 0.15) is 51.9 Å². The molecule has 118 valence electrons. The highest BCUT2D eigenvalue weighted by Crippen LogP contribution is 2.68. The van der Waals surface area contributed by atoms with Crippen LogP contribution in [0.2, 0.25) is 0 Å². The van der Waals surface area contributed by atoms with Gasteiger partial charge in [0.05, 0.1) is 0 Å². The van der Waals surface area contributed by atoms with Crippen molar-refractivity contribution in [3.05, 3.63) is 20.2 Å². The van der Waals surface area contributed by atoms with Crippen molar-refractivity contribution in [3.8, 4) is 0 Å². The molecule has 0 radical (unpaired) electrons. The quantitative estimate of drug-likeness (QED) is 0.551. The molecule has 4 aliphatic rings. The summed E-state index contributed by atoms with van der Waals surface area (Å²) in [6.45, 7) is 2.12. The van der Waals surface area contributed by atoms with E-state index in [0.29, 0.717) is 25.2 Å². The summed E-state index contributed by atoms with van der Waals surface area (Å²) in [5.74, 6) is 0.344. The summed E-state index contributed by atoms with van der Waals surface area (Å²) >= 11 is 0. The van der Waals surface area contributed by atoms with Crippen molar-refractivity contribution in [2.45, 2.75) is 57.5 Å². The van der Waals surface area contributed by atoms with E-state index in [1.165, 1.54) is 0 Å². The first-order valence-electron chi connectivity index (χ1n) is 7.41. The van der Waals surface area contributed by atoms with Gasteiger partial charge in [0.15, 0.2) is 0 Å². The second kappa shape index (κ2) is 4.45. The van der Waals surface area contributed by atoms with Gasteiger partial charge in [0.2, 0.25) is 0 Å². The second-order valence-corrected chi connectivity index (χ2v) is 7.36. The van der Waals surface area contributed by atoms with Gasteiger partial charge in [-0.05, 0) is 55.3 Å². The van der Waals surface area contributed by atoms with E-state index >= 15 is 0 Å². The SMILES string of the molecule is CCC12CC3CC(CO[N+](=O)[O-])(C1)CC(O[N+](=O)[O-])(C3)C2. The topological polar surface area (TPSA) is 105 Å². The number of rotatable bonds is 6. The van der Waals surface area contributed by atoms with Crippen molar-refractivity contribution in [1.29, 1.82) is 0 Å². The Morgan fingerprint density at radius 2 is 1.71 bits per heavy atom. The summed E-state index contributed by atoms with van der Waals surface area (Å²) in [4.78, 5) is 31.2. The molecule has 21 heavy (non-hydrogen) atoms. The molecule has 4 atom stereocenters. The number of hydrogen-bond donors (Lipinski definition) is 0. The molecule has 4 unspecified atom stereocenters. The number of hydrogen-bond acceptors (Lipinski definition) is 6. The molecule has 4 bridgehead atoms. The number of nitrogens with zero attached hydrogens (tertiary/aromatic N) is 2. The van der Waals surface area contributed by atoms with Crippen LogP contribution < -0.4 is 0 Å². The van der Waals surface area contributed by atoms with Gasteiger partial charge in [0, 0.05) is 0 Å². The molecule has 4 rings (SSSR count). The third kappa shape index (κ3) is 2.40. The second-order valence-electron chi connectivity index (χ2n) is 7.36. The Kier molecular flexibility index (Phi) is 3.04. The fraction of sp³-hybridized carbons (Fsp3) is 1.00. The zero-order chi connectivity index (χ0) is 15.3. The van der Waals surface area contributed by atoms with Gasteiger partial charge in [-0.25, -0.2) is 0 Å². The molecule has 0 amide bonds. The van der Waals surface area contributed by atoms with Gasteiger partial charge in [0.25, 0.3) is 10.2 Å². The lowest BCUT2D eigenvalue weighted by molar-refractivity contribution is -0.788. The Morgan fingerprint density at radius 3 is 2.33 bits per heavy atom. The van der Waals surface area contributed by atoms with E-state index in [2.05, 4.69) is 11.8 Å². The highest BCUT2D eigenvalue weighted by atomic mass is 17.0. The largest absolute Gasteiger partial charge is 0.313 e. The van der Waals surface area contributed by atoms with E-state index in [-0.39, 0.29) is 17.4 Å². The molecular weight excluding hydrogens is 280 g/mol. The van der Waals surface area contributed by atoms with Crippen molar-refractivity contribution in [2.24, 2.45) is 16.7 Å². The molecule has 0 aromatic heterocycles. The van der Waals surface area contributed by atoms with Crippen LogP contribution in [0.25, 0.3) is 0 Å². The van der Waals surface area contributed by atoms with Crippen LogP contribution in [0.4, 0.5) is 0 Å². The summed E-state index contributed by atoms with van der Waals surface area (Å²) in [5, 5.41) is 20.0. The van der Waals surface area contributed by atoms with E-state index in [0.717, 1.165) is 25.7 Å². The summed E-state index contributed by atoms with van der Waals surface area (Å²) in [7, 11) is 0. The lowest BCUT2D eigenvalue weighted by atomic mass is 9.42. The Morgan fingerprint density at radius 1 is 1.05 bits per heavy atom. The molecule has 0 spiro atoms. The van der Waals surface area contributed by atoms with Crippen LogP contribution in [-0.2, 0) is 9.68 Å². The third-order valence-electron chi connectivity index (χ3n) is 5.74. The Balaban J connectivity index is 1.89. The van der Waals surface area contributed by atoms with E-state index in [1.807, 2.05) is 0 Å². The Labute approximate surface area is 122 Å². The molecule has 4 fully saturated rings. The van der Waals surface area contributed by atoms with Crippen molar-refractivity contribution < 1.29 is 19.8 Å². The molecule has 0 aromatic carbocycles. The average molecular weight is 300 g/mol. The van der Waals surface area contributed by atoms with Crippen molar-refractivity contribution >= 4 is 0 Å². The normalized spacial score (nSPS) is 43.6. The summed E-state index contributed by atoms with van der Waals surface area (Å²) in [5.41, 5.74) is -1.10. The van der Waals surface area contributed by atoms with Crippen LogP contribution in [0.3, 0.4) is 0 Å². The molecule has 8 nitrogen and oxygen atoms in total. The molecule has 0 saturated heterocycles. The van der Waals surface area contributed by atoms with Gasteiger partial charge in [-0.1, -0.05) is 13.3 Å².